The third-order valence-electron chi connectivity index (χ3n) is 4.10. The van der Waals surface area contributed by atoms with E-state index in [-0.39, 0.29) is 24.0 Å². The molecule has 0 saturated carbocycles. The second-order valence-electron chi connectivity index (χ2n) is 6.48. The molecular formula is C20H26F2IN3O2S. The number of guanidine groups is 1. The van der Waals surface area contributed by atoms with Gasteiger partial charge in [-0.1, -0.05) is 12.1 Å². The summed E-state index contributed by atoms with van der Waals surface area (Å²) in [6.07, 6.45) is 1.50. The Morgan fingerprint density at radius 2 is 1.83 bits per heavy atom. The van der Waals surface area contributed by atoms with Crippen LogP contribution in [0.1, 0.15) is 23.6 Å². The van der Waals surface area contributed by atoms with Crippen molar-refractivity contribution in [1.29, 1.82) is 0 Å². The van der Waals surface area contributed by atoms with Gasteiger partial charge >= 0.3 is 0 Å². The summed E-state index contributed by atoms with van der Waals surface area (Å²) in [6.45, 7) is 5.06. The fourth-order valence-corrected chi connectivity index (χ4v) is 3.75. The van der Waals surface area contributed by atoms with Crippen LogP contribution >= 0.6 is 24.0 Å². The third kappa shape index (κ3) is 7.88. The average Bonchev–Trinajstić information content (AvgIpc) is 2.61. The Labute approximate surface area is 188 Å². The summed E-state index contributed by atoms with van der Waals surface area (Å²) in [6, 6.07) is 8.52. The predicted octanol–water partition coefficient (Wildman–Crippen LogP) is 3.59. The molecule has 2 N–H and O–H groups in total. The third-order valence-corrected chi connectivity index (χ3v) is 5.35. The lowest BCUT2D eigenvalue weighted by atomic mass is 10.1. The Hall–Kier alpha value is -1.75. The molecule has 9 heteroatoms. The molecule has 0 amide bonds. The van der Waals surface area contributed by atoms with Crippen molar-refractivity contribution in [1.82, 2.24) is 10.6 Å². The van der Waals surface area contributed by atoms with Gasteiger partial charge in [0.05, 0.1) is 11.4 Å². The van der Waals surface area contributed by atoms with Crippen molar-refractivity contribution in [3.63, 3.8) is 0 Å². The van der Waals surface area contributed by atoms with Crippen molar-refractivity contribution >= 4 is 39.8 Å². The molecule has 2 aromatic carbocycles. The first-order valence-corrected chi connectivity index (χ1v) is 10.9. The molecule has 0 aliphatic rings. The molecule has 0 unspecified atom stereocenters. The molecule has 0 aliphatic carbocycles. The summed E-state index contributed by atoms with van der Waals surface area (Å²) < 4.78 is 50.3. The number of halogens is 3. The summed E-state index contributed by atoms with van der Waals surface area (Å²) >= 11 is 0. The number of benzene rings is 2. The fourth-order valence-electron chi connectivity index (χ4n) is 2.79. The summed E-state index contributed by atoms with van der Waals surface area (Å²) in [5.41, 5.74) is 1.85. The Morgan fingerprint density at radius 3 is 2.45 bits per heavy atom. The molecule has 2 rings (SSSR count). The monoisotopic (exact) mass is 537 g/mol. The molecule has 5 nitrogen and oxygen atoms in total. The summed E-state index contributed by atoms with van der Waals surface area (Å²) in [4.78, 5) is 4.77. The lowest BCUT2D eigenvalue weighted by Crippen LogP contribution is -2.38. The second-order valence-corrected chi connectivity index (χ2v) is 8.46. The van der Waals surface area contributed by atoms with Gasteiger partial charge in [-0.3, -0.25) is 0 Å². The highest BCUT2D eigenvalue weighted by Gasteiger charge is 2.11. The first-order chi connectivity index (χ1) is 13.2. The highest BCUT2D eigenvalue weighted by Crippen LogP contribution is 2.17. The number of nitrogens with zero attached hydrogens (tertiary/aromatic N) is 1. The molecule has 0 atom stereocenters. The number of hydrogen-bond donors (Lipinski definition) is 2. The first kappa shape index (κ1) is 25.3. The van der Waals surface area contributed by atoms with Crippen LogP contribution in [0.2, 0.25) is 0 Å². The number of aliphatic imine (C=N–C) groups is 1. The van der Waals surface area contributed by atoms with Gasteiger partial charge in [-0.2, -0.15) is 0 Å². The molecule has 0 spiro atoms. The van der Waals surface area contributed by atoms with Gasteiger partial charge in [-0.15, -0.1) is 24.0 Å². The van der Waals surface area contributed by atoms with Gasteiger partial charge in [0.1, 0.15) is 11.6 Å². The van der Waals surface area contributed by atoms with Gasteiger partial charge in [-0.25, -0.2) is 22.2 Å². The van der Waals surface area contributed by atoms with Gasteiger partial charge in [-0.05, 0) is 61.2 Å². The summed E-state index contributed by atoms with van der Waals surface area (Å²) in [7, 11) is -3.25. The van der Waals surface area contributed by atoms with Crippen LogP contribution in [-0.2, 0) is 22.8 Å². The van der Waals surface area contributed by atoms with E-state index in [1.54, 1.807) is 25.1 Å². The minimum absolute atomic E-state index is 0. The molecule has 0 aliphatic heterocycles. The zero-order valence-electron chi connectivity index (χ0n) is 16.6. The van der Waals surface area contributed by atoms with Crippen molar-refractivity contribution in [2.45, 2.75) is 31.7 Å². The molecule has 0 radical (unpaired) electrons. The maximum Gasteiger partial charge on any atom is 0.191 e. The molecule has 0 heterocycles. The average molecular weight is 537 g/mol. The molecule has 0 aromatic heterocycles. The van der Waals surface area contributed by atoms with Gasteiger partial charge in [0.25, 0.3) is 0 Å². The normalized spacial score (nSPS) is 11.7. The molecule has 0 saturated heterocycles. The summed E-state index contributed by atoms with van der Waals surface area (Å²) in [5.74, 6) is -0.361. The lowest BCUT2D eigenvalue weighted by Gasteiger charge is -2.12. The first-order valence-electron chi connectivity index (χ1n) is 8.96. The molecule has 0 bridgehead atoms. The minimum atomic E-state index is -3.25. The van der Waals surface area contributed by atoms with Crippen LogP contribution in [0.4, 0.5) is 8.78 Å². The second kappa shape index (κ2) is 11.4. The largest absolute Gasteiger partial charge is 0.357 e. The zero-order valence-corrected chi connectivity index (χ0v) is 19.8. The summed E-state index contributed by atoms with van der Waals surface area (Å²) in [5, 5.41) is 6.18. The van der Waals surface area contributed by atoms with Crippen LogP contribution in [0.3, 0.4) is 0 Å². The van der Waals surface area contributed by atoms with Crippen LogP contribution in [0.5, 0.6) is 0 Å². The van der Waals surface area contributed by atoms with Crippen LogP contribution in [0.15, 0.2) is 46.3 Å². The van der Waals surface area contributed by atoms with Gasteiger partial charge in [0.15, 0.2) is 15.8 Å². The Morgan fingerprint density at radius 1 is 1.10 bits per heavy atom. The standard InChI is InChI=1S/C20H25F2N3O2S.HI/c1-4-23-20(24-10-9-16-12-17(21)6-7-18(16)22)25-13-15-5-8-19(14(2)11-15)28(3,26)27;/h5-8,11-12H,4,9-10,13H2,1-3H3,(H2,23,24,25);1H. The van der Waals surface area contributed by atoms with Gasteiger partial charge < -0.3 is 10.6 Å². The number of sulfone groups is 1. The number of rotatable bonds is 7. The van der Waals surface area contributed by atoms with E-state index in [9.17, 15) is 17.2 Å². The van der Waals surface area contributed by atoms with Gasteiger partial charge in [0.2, 0.25) is 0 Å². The van der Waals surface area contributed by atoms with Crippen molar-refractivity contribution in [3.05, 3.63) is 64.7 Å². The Bertz CT molecular complexity index is 966. The lowest BCUT2D eigenvalue weighted by molar-refractivity contribution is 0.583. The Kier molecular flexibility index (Phi) is 9.97. The highest BCUT2D eigenvalue weighted by molar-refractivity contribution is 14.0. The van der Waals surface area contributed by atoms with E-state index < -0.39 is 21.5 Å². The van der Waals surface area contributed by atoms with E-state index in [0.717, 1.165) is 17.7 Å². The van der Waals surface area contributed by atoms with Crippen molar-refractivity contribution < 1.29 is 17.2 Å². The van der Waals surface area contributed by atoms with E-state index in [2.05, 4.69) is 15.6 Å². The molecular weight excluding hydrogens is 511 g/mol. The van der Waals surface area contributed by atoms with E-state index in [1.807, 2.05) is 6.92 Å². The molecule has 160 valence electrons. The fraction of sp³-hybridized carbons (Fsp3) is 0.350. The quantitative estimate of drug-likeness (QED) is 0.322. The van der Waals surface area contributed by atoms with Crippen LogP contribution in [0, 0.1) is 18.6 Å². The maximum absolute atomic E-state index is 13.7. The van der Waals surface area contributed by atoms with Crippen LogP contribution in [0.25, 0.3) is 0 Å². The minimum Gasteiger partial charge on any atom is -0.357 e. The van der Waals surface area contributed by atoms with Crippen LogP contribution in [-0.4, -0.2) is 33.7 Å². The number of hydrogen-bond acceptors (Lipinski definition) is 3. The number of aryl methyl sites for hydroxylation is 1. The van der Waals surface area contributed by atoms with Gasteiger partial charge in [0, 0.05) is 19.3 Å². The van der Waals surface area contributed by atoms with Crippen molar-refractivity contribution in [3.8, 4) is 0 Å². The van der Waals surface area contributed by atoms with E-state index in [0.29, 0.717) is 48.0 Å². The van der Waals surface area contributed by atoms with E-state index >= 15 is 0 Å². The molecule has 2 aromatic rings. The van der Waals surface area contributed by atoms with E-state index in [4.69, 9.17) is 0 Å². The highest BCUT2D eigenvalue weighted by atomic mass is 127. The topological polar surface area (TPSA) is 70.6 Å². The zero-order chi connectivity index (χ0) is 20.7. The van der Waals surface area contributed by atoms with Crippen molar-refractivity contribution in [2.24, 2.45) is 4.99 Å². The number of nitrogens with one attached hydrogen (secondary N) is 2. The Balaban J connectivity index is 0.00000420. The smallest absolute Gasteiger partial charge is 0.191 e. The van der Waals surface area contributed by atoms with Crippen molar-refractivity contribution in [2.75, 3.05) is 19.3 Å². The van der Waals surface area contributed by atoms with Crippen LogP contribution < -0.4 is 10.6 Å². The maximum atomic E-state index is 13.7. The van der Waals surface area contributed by atoms with E-state index in [1.165, 1.54) is 12.3 Å². The predicted molar refractivity (Wildman–Crippen MR) is 123 cm³/mol. The molecule has 0 fully saturated rings. The SMILES string of the molecule is CCNC(=NCc1ccc(S(C)(=O)=O)c(C)c1)NCCc1cc(F)ccc1F.I. The molecule has 29 heavy (non-hydrogen) atoms.